The molecule has 0 spiro atoms. The number of rotatable bonds is 1. The highest BCUT2D eigenvalue weighted by Gasteiger charge is 2.20. The van der Waals surface area contributed by atoms with Crippen molar-refractivity contribution in [3.05, 3.63) is 33.4 Å². The third-order valence-corrected chi connectivity index (χ3v) is 2.58. The van der Waals surface area contributed by atoms with Crippen LogP contribution in [0.1, 0.15) is 12.5 Å². The first-order valence-electron chi connectivity index (χ1n) is 4.64. The quantitative estimate of drug-likeness (QED) is 0.631. The number of phenols is 1. The minimum atomic E-state index is -0.571. The summed E-state index contributed by atoms with van der Waals surface area (Å²) in [5, 5.41) is 10.2. The third-order valence-electron chi connectivity index (χ3n) is 2.08. The Morgan fingerprint density at radius 3 is 2.71 bits per heavy atom. The normalized spacial score (nSPS) is 17.2. The van der Waals surface area contributed by atoms with Gasteiger partial charge in [-0.2, -0.15) is 0 Å². The summed E-state index contributed by atoms with van der Waals surface area (Å²) >= 11 is 11.5. The van der Waals surface area contributed by atoms with Crippen LogP contribution in [0, 0.1) is 0 Å². The van der Waals surface area contributed by atoms with Crippen molar-refractivity contribution >= 4 is 41.1 Å². The van der Waals surface area contributed by atoms with Crippen molar-refractivity contribution in [2.24, 2.45) is 4.99 Å². The lowest BCUT2D eigenvalue weighted by atomic mass is 10.1. The molecule has 0 bridgehead atoms. The molecule has 0 amide bonds. The van der Waals surface area contributed by atoms with E-state index in [-0.39, 0.29) is 22.4 Å². The third kappa shape index (κ3) is 2.43. The molecule has 1 aromatic rings. The molecule has 88 valence electrons. The van der Waals surface area contributed by atoms with Crippen LogP contribution in [0.5, 0.6) is 5.75 Å². The van der Waals surface area contributed by atoms with E-state index in [9.17, 15) is 9.90 Å². The SMILES string of the molecule is CC1=NC(=Cc2cc(Cl)cc(Cl)c2O)C(=O)O1. The van der Waals surface area contributed by atoms with Gasteiger partial charge in [0.05, 0.1) is 5.02 Å². The van der Waals surface area contributed by atoms with E-state index in [2.05, 4.69) is 4.99 Å². The van der Waals surface area contributed by atoms with Crippen molar-refractivity contribution in [2.75, 3.05) is 0 Å². The number of ether oxygens (including phenoxy) is 1. The van der Waals surface area contributed by atoms with E-state index in [0.29, 0.717) is 10.6 Å². The van der Waals surface area contributed by atoms with E-state index in [1.54, 1.807) is 6.92 Å². The zero-order valence-electron chi connectivity index (χ0n) is 8.70. The summed E-state index contributed by atoms with van der Waals surface area (Å²) in [6.45, 7) is 1.56. The van der Waals surface area contributed by atoms with Gasteiger partial charge < -0.3 is 9.84 Å². The maximum atomic E-state index is 11.3. The van der Waals surface area contributed by atoms with E-state index in [1.165, 1.54) is 18.2 Å². The average Bonchev–Trinajstić information content (AvgIpc) is 2.53. The fourth-order valence-electron chi connectivity index (χ4n) is 1.36. The number of halogens is 2. The van der Waals surface area contributed by atoms with E-state index in [0.717, 1.165) is 0 Å². The van der Waals surface area contributed by atoms with Crippen LogP contribution in [0.25, 0.3) is 6.08 Å². The van der Waals surface area contributed by atoms with Crippen LogP contribution in [-0.4, -0.2) is 17.0 Å². The van der Waals surface area contributed by atoms with E-state index < -0.39 is 5.97 Å². The highest BCUT2D eigenvalue weighted by molar-refractivity contribution is 6.35. The number of carbonyl (C=O) groups is 1. The fourth-order valence-corrected chi connectivity index (χ4v) is 1.87. The van der Waals surface area contributed by atoms with Crippen LogP contribution in [0.2, 0.25) is 10.0 Å². The van der Waals surface area contributed by atoms with Crippen LogP contribution in [0.15, 0.2) is 22.8 Å². The topological polar surface area (TPSA) is 58.9 Å². The number of aliphatic imine (C=N–C) groups is 1. The molecule has 0 unspecified atom stereocenters. The lowest BCUT2D eigenvalue weighted by Gasteiger charge is -2.02. The van der Waals surface area contributed by atoms with Gasteiger partial charge >= 0.3 is 5.97 Å². The zero-order valence-corrected chi connectivity index (χ0v) is 10.2. The first kappa shape index (κ1) is 12.0. The minimum absolute atomic E-state index is 0.0936. The molecular formula is C11H7Cl2NO3. The highest BCUT2D eigenvalue weighted by Crippen LogP contribution is 2.33. The van der Waals surface area contributed by atoms with Crippen molar-refractivity contribution in [1.82, 2.24) is 0 Å². The fraction of sp³-hybridized carbons (Fsp3) is 0.0909. The molecule has 2 rings (SSSR count). The summed E-state index contributed by atoms with van der Waals surface area (Å²) in [6, 6.07) is 2.88. The number of hydrogen-bond acceptors (Lipinski definition) is 4. The molecule has 0 aromatic heterocycles. The molecule has 1 N–H and O–H groups in total. The number of cyclic esters (lactones) is 1. The van der Waals surface area contributed by atoms with Gasteiger partial charge in [0.15, 0.2) is 11.6 Å². The van der Waals surface area contributed by atoms with Crippen molar-refractivity contribution in [2.45, 2.75) is 6.92 Å². The second-order valence-corrected chi connectivity index (χ2v) is 4.22. The average molecular weight is 272 g/mol. The Bertz CT molecular complexity index is 564. The number of benzene rings is 1. The Balaban J connectivity index is 2.49. The second-order valence-electron chi connectivity index (χ2n) is 3.38. The molecule has 0 radical (unpaired) electrons. The lowest BCUT2D eigenvalue weighted by Crippen LogP contribution is -1.99. The molecule has 1 aliphatic rings. The van der Waals surface area contributed by atoms with Gasteiger partial charge in [-0.15, -0.1) is 0 Å². The second kappa shape index (κ2) is 4.39. The monoisotopic (exact) mass is 271 g/mol. The molecule has 6 heteroatoms. The van der Waals surface area contributed by atoms with Crippen LogP contribution >= 0.6 is 23.2 Å². The van der Waals surface area contributed by atoms with Gasteiger partial charge in [0.25, 0.3) is 0 Å². The maximum absolute atomic E-state index is 11.3. The van der Waals surface area contributed by atoms with Gasteiger partial charge in [0.2, 0.25) is 0 Å². The first-order valence-corrected chi connectivity index (χ1v) is 5.40. The van der Waals surface area contributed by atoms with Crippen molar-refractivity contribution in [3.8, 4) is 5.75 Å². The predicted octanol–water partition coefficient (Wildman–Crippen LogP) is 3.02. The number of aromatic hydroxyl groups is 1. The Hall–Kier alpha value is -1.52. The summed E-state index contributed by atoms with van der Waals surface area (Å²) in [6.07, 6.45) is 1.37. The molecule has 0 saturated carbocycles. The number of nitrogens with zero attached hydrogens (tertiary/aromatic N) is 1. The van der Waals surface area contributed by atoms with E-state index >= 15 is 0 Å². The summed E-state index contributed by atoms with van der Waals surface area (Å²) < 4.78 is 4.74. The van der Waals surface area contributed by atoms with E-state index in [1.807, 2.05) is 0 Å². The van der Waals surface area contributed by atoms with Gasteiger partial charge in [0.1, 0.15) is 5.75 Å². The van der Waals surface area contributed by atoms with E-state index in [4.69, 9.17) is 27.9 Å². The summed E-state index contributed by atoms with van der Waals surface area (Å²) in [7, 11) is 0. The number of hydrogen-bond donors (Lipinski definition) is 1. The lowest BCUT2D eigenvalue weighted by molar-refractivity contribution is -0.130. The number of phenolic OH excluding ortho intramolecular Hbond substituents is 1. The van der Waals surface area contributed by atoms with Crippen molar-refractivity contribution in [1.29, 1.82) is 0 Å². The van der Waals surface area contributed by atoms with Crippen LogP contribution < -0.4 is 0 Å². The predicted molar refractivity (Wildman–Crippen MR) is 65.3 cm³/mol. The zero-order chi connectivity index (χ0) is 12.6. The van der Waals surface area contributed by atoms with Gasteiger partial charge in [0, 0.05) is 17.5 Å². The molecule has 0 atom stereocenters. The highest BCUT2D eigenvalue weighted by atomic mass is 35.5. The Morgan fingerprint density at radius 2 is 2.12 bits per heavy atom. The van der Waals surface area contributed by atoms with Gasteiger partial charge in [-0.05, 0) is 18.2 Å². The van der Waals surface area contributed by atoms with Gasteiger partial charge in [-0.1, -0.05) is 23.2 Å². The number of carbonyl (C=O) groups excluding carboxylic acids is 1. The molecule has 1 heterocycles. The Labute approximate surface area is 107 Å². The van der Waals surface area contributed by atoms with Crippen LogP contribution in [-0.2, 0) is 9.53 Å². The molecule has 0 aliphatic carbocycles. The smallest absolute Gasteiger partial charge is 0.363 e. The van der Waals surface area contributed by atoms with Crippen molar-refractivity contribution in [3.63, 3.8) is 0 Å². The van der Waals surface area contributed by atoms with Gasteiger partial charge in [-0.3, -0.25) is 0 Å². The standard InChI is InChI=1S/C11H7Cl2NO3/c1-5-14-9(11(16)17-5)3-6-2-7(12)4-8(13)10(6)15/h2-4,15H,1H3. The minimum Gasteiger partial charge on any atom is -0.506 e. The van der Waals surface area contributed by atoms with Crippen LogP contribution in [0.3, 0.4) is 0 Å². The maximum Gasteiger partial charge on any atom is 0.363 e. The Morgan fingerprint density at radius 1 is 1.41 bits per heavy atom. The molecule has 4 nitrogen and oxygen atoms in total. The first-order chi connectivity index (χ1) is 7.97. The van der Waals surface area contributed by atoms with Crippen LogP contribution in [0.4, 0.5) is 0 Å². The molecular weight excluding hydrogens is 265 g/mol. The summed E-state index contributed by atoms with van der Waals surface area (Å²) in [5.41, 5.74) is 0.407. The van der Waals surface area contributed by atoms with Crippen molar-refractivity contribution < 1.29 is 14.6 Å². The van der Waals surface area contributed by atoms with Gasteiger partial charge in [-0.25, -0.2) is 9.79 Å². The summed E-state index contributed by atoms with van der Waals surface area (Å²) in [5.74, 6) is -0.469. The summed E-state index contributed by atoms with van der Waals surface area (Å²) in [4.78, 5) is 15.2. The number of esters is 1. The molecule has 0 saturated heterocycles. The molecule has 0 fully saturated rings. The molecule has 1 aromatic carbocycles. The largest absolute Gasteiger partial charge is 0.506 e. The molecule has 17 heavy (non-hydrogen) atoms. The Kier molecular flexibility index (Phi) is 3.09. The molecule has 1 aliphatic heterocycles.